The molecule has 1 heterocycles. The number of benzene rings is 2. The van der Waals surface area contributed by atoms with Crippen LogP contribution in [0.4, 0.5) is 22.0 Å². The lowest BCUT2D eigenvalue weighted by molar-refractivity contribution is -0.137. The largest absolute Gasteiger partial charge is 0.561 e. The van der Waals surface area contributed by atoms with E-state index in [9.17, 15) is 31.5 Å². The van der Waals surface area contributed by atoms with E-state index >= 15 is 0 Å². The summed E-state index contributed by atoms with van der Waals surface area (Å²) in [4.78, 5) is 24.0. The molecule has 1 amide bonds. The summed E-state index contributed by atoms with van der Waals surface area (Å²) in [6.07, 6.45) is -7.82. The molecule has 0 bridgehead atoms. The molecule has 0 aliphatic carbocycles. The second kappa shape index (κ2) is 9.49. The van der Waals surface area contributed by atoms with Gasteiger partial charge in [0.15, 0.2) is 0 Å². The van der Waals surface area contributed by atoms with Crippen molar-refractivity contribution in [3.05, 3.63) is 76.5 Å². The van der Waals surface area contributed by atoms with Crippen molar-refractivity contribution in [3.63, 3.8) is 0 Å². The molecule has 1 atom stereocenters. The number of ether oxygens (including phenoxy) is 1. The summed E-state index contributed by atoms with van der Waals surface area (Å²) in [7, 11) is 1.21. The zero-order valence-electron chi connectivity index (χ0n) is 17.8. The first-order chi connectivity index (χ1) is 15.9. The SMILES string of the molecule is C[C@H](NC(=O)c1c(C(F)F)nn(C)c1Oc1cccc(C(F)(F)F)c1)c1ccc(C(=O)[OH2+])cc1. The highest BCUT2D eigenvalue weighted by atomic mass is 19.4. The number of alkyl halides is 5. The summed E-state index contributed by atoms with van der Waals surface area (Å²) < 4.78 is 72.5. The van der Waals surface area contributed by atoms with Crippen LogP contribution in [0.3, 0.4) is 0 Å². The number of amides is 1. The highest BCUT2D eigenvalue weighted by molar-refractivity contribution is 5.98. The Morgan fingerprint density at radius 3 is 2.32 bits per heavy atom. The number of rotatable bonds is 7. The molecule has 3 aromatic rings. The molecule has 3 N–H and O–H groups in total. The minimum atomic E-state index is -4.66. The first-order valence-electron chi connectivity index (χ1n) is 9.75. The molecular weight excluding hydrogens is 465 g/mol. The molecule has 0 radical (unpaired) electrons. The molecule has 12 heteroatoms. The summed E-state index contributed by atoms with van der Waals surface area (Å²) in [6.45, 7) is 1.56. The van der Waals surface area contributed by atoms with Crippen LogP contribution in [0.1, 0.15) is 56.9 Å². The average Bonchev–Trinajstić information content (AvgIpc) is 3.09. The second-order valence-electron chi connectivity index (χ2n) is 7.26. The highest BCUT2D eigenvalue weighted by Crippen LogP contribution is 2.36. The van der Waals surface area contributed by atoms with Crippen molar-refractivity contribution in [2.75, 3.05) is 0 Å². The van der Waals surface area contributed by atoms with Crippen molar-refractivity contribution in [1.29, 1.82) is 0 Å². The number of hydrogen-bond acceptors (Lipinski definition) is 4. The van der Waals surface area contributed by atoms with Crippen LogP contribution in [-0.2, 0) is 13.2 Å². The zero-order valence-corrected chi connectivity index (χ0v) is 17.8. The van der Waals surface area contributed by atoms with Crippen LogP contribution in [0.5, 0.6) is 11.6 Å². The number of nitrogens with zero attached hydrogens (tertiary/aromatic N) is 2. The van der Waals surface area contributed by atoms with Gasteiger partial charge < -0.3 is 15.2 Å². The summed E-state index contributed by atoms with van der Waals surface area (Å²) in [5.74, 6) is -2.67. The maximum absolute atomic E-state index is 13.6. The van der Waals surface area contributed by atoms with E-state index in [1.165, 1.54) is 37.4 Å². The monoisotopic (exact) mass is 484 g/mol. The Hall–Kier alpha value is -3.96. The zero-order chi connectivity index (χ0) is 25.2. The normalized spacial score (nSPS) is 12.5. The van der Waals surface area contributed by atoms with E-state index in [-0.39, 0.29) is 11.3 Å². The average molecular weight is 484 g/mol. The smallest absolute Gasteiger partial charge is 0.549 e. The number of hydrogen-bond donors (Lipinski definition) is 1. The van der Waals surface area contributed by atoms with Gasteiger partial charge in [0.05, 0.1) is 11.6 Å². The van der Waals surface area contributed by atoms with E-state index < -0.39 is 53.2 Å². The number of halogens is 5. The third-order valence-electron chi connectivity index (χ3n) is 4.85. The van der Waals surface area contributed by atoms with Crippen molar-refractivity contribution < 1.29 is 41.4 Å². The van der Waals surface area contributed by atoms with E-state index in [0.29, 0.717) is 11.6 Å². The summed E-state index contributed by atoms with van der Waals surface area (Å²) in [5, 5.41) is 13.2. The summed E-state index contributed by atoms with van der Waals surface area (Å²) in [5.41, 5.74) is -1.90. The van der Waals surface area contributed by atoms with Gasteiger partial charge in [-0.15, -0.1) is 0 Å². The number of carbonyl (C=O) groups is 2. The Labute approximate surface area is 189 Å². The van der Waals surface area contributed by atoms with Gasteiger partial charge in [0.1, 0.15) is 22.6 Å². The molecule has 0 spiro atoms. The molecule has 180 valence electrons. The van der Waals surface area contributed by atoms with Crippen LogP contribution < -0.4 is 10.1 Å². The predicted octanol–water partition coefficient (Wildman–Crippen LogP) is 4.52. The van der Waals surface area contributed by atoms with Crippen LogP contribution in [0, 0.1) is 0 Å². The fourth-order valence-corrected chi connectivity index (χ4v) is 3.13. The third kappa shape index (κ3) is 5.33. The predicted molar refractivity (Wildman–Crippen MR) is 110 cm³/mol. The molecule has 0 unspecified atom stereocenters. The van der Waals surface area contributed by atoms with Crippen molar-refractivity contribution in [3.8, 4) is 11.6 Å². The first-order valence-corrected chi connectivity index (χ1v) is 9.75. The number of carbonyl (C=O) groups excluding carboxylic acids is 2. The molecule has 2 aromatic carbocycles. The molecular formula is C22H19F5N3O4+. The van der Waals surface area contributed by atoms with Crippen LogP contribution >= 0.6 is 0 Å². The summed E-state index contributed by atoms with van der Waals surface area (Å²) >= 11 is 0. The minimum absolute atomic E-state index is 0.131. The lowest BCUT2D eigenvalue weighted by Gasteiger charge is -2.16. The van der Waals surface area contributed by atoms with Crippen molar-refractivity contribution in [2.45, 2.75) is 25.6 Å². The van der Waals surface area contributed by atoms with Crippen molar-refractivity contribution in [1.82, 2.24) is 15.1 Å². The van der Waals surface area contributed by atoms with Gasteiger partial charge in [0.2, 0.25) is 5.88 Å². The van der Waals surface area contributed by atoms with Crippen molar-refractivity contribution in [2.24, 2.45) is 7.05 Å². The van der Waals surface area contributed by atoms with Gasteiger partial charge in [-0.05, 0) is 42.8 Å². The Morgan fingerprint density at radius 2 is 1.76 bits per heavy atom. The summed E-state index contributed by atoms with van der Waals surface area (Å²) in [6, 6.07) is 8.78. The molecule has 1 aromatic heterocycles. The van der Waals surface area contributed by atoms with E-state index in [1.54, 1.807) is 6.92 Å². The maximum atomic E-state index is 13.6. The van der Waals surface area contributed by atoms with Gasteiger partial charge in [-0.2, -0.15) is 18.3 Å². The van der Waals surface area contributed by atoms with Gasteiger partial charge >= 0.3 is 12.1 Å². The molecule has 34 heavy (non-hydrogen) atoms. The Bertz CT molecular complexity index is 1210. The highest BCUT2D eigenvalue weighted by Gasteiger charge is 2.33. The Morgan fingerprint density at radius 1 is 1.12 bits per heavy atom. The fourth-order valence-electron chi connectivity index (χ4n) is 3.13. The number of nitrogens with one attached hydrogen (secondary N) is 1. The number of aromatic nitrogens is 2. The molecule has 0 saturated heterocycles. The Balaban J connectivity index is 1.92. The topological polar surface area (TPSA) is 96.1 Å². The minimum Gasteiger partial charge on any atom is -0.561 e. The quantitative estimate of drug-likeness (QED) is 0.394. The number of aryl methyl sites for hydroxylation is 1. The fraction of sp³-hybridized carbons (Fsp3) is 0.227. The Kier molecular flexibility index (Phi) is 6.89. The molecule has 0 saturated carbocycles. The van der Waals surface area contributed by atoms with Crippen LogP contribution in [-0.4, -0.2) is 26.8 Å². The van der Waals surface area contributed by atoms with E-state index in [1.807, 2.05) is 0 Å². The van der Waals surface area contributed by atoms with Crippen LogP contribution in [0.25, 0.3) is 0 Å². The molecule has 0 aliphatic heterocycles. The van der Waals surface area contributed by atoms with Crippen molar-refractivity contribution >= 4 is 11.9 Å². The van der Waals surface area contributed by atoms with Gasteiger partial charge in [0.25, 0.3) is 12.3 Å². The first kappa shape index (κ1) is 24.7. The van der Waals surface area contributed by atoms with Gasteiger partial charge in [-0.3, -0.25) is 4.79 Å². The van der Waals surface area contributed by atoms with Crippen LogP contribution in [0.15, 0.2) is 48.5 Å². The molecule has 3 rings (SSSR count). The second-order valence-corrected chi connectivity index (χ2v) is 7.26. The lowest BCUT2D eigenvalue weighted by atomic mass is 10.1. The molecule has 0 aliphatic rings. The van der Waals surface area contributed by atoms with Crippen LogP contribution in [0.2, 0.25) is 0 Å². The maximum Gasteiger partial charge on any atom is 0.549 e. The van der Waals surface area contributed by atoms with Gasteiger partial charge in [-0.1, -0.05) is 18.2 Å². The van der Waals surface area contributed by atoms with Gasteiger partial charge in [0, 0.05) is 11.8 Å². The van der Waals surface area contributed by atoms with E-state index in [4.69, 9.17) is 9.84 Å². The molecule has 7 nitrogen and oxygen atoms in total. The van der Waals surface area contributed by atoms with Gasteiger partial charge in [-0.25, -0.2) is 13.5 Å². The lowest BCUT2D eigenvalue weighted by Crippen LogP contribution is -2.27. The third-order valence-corrected chi connectivity index (χ3v) is 4.85. The van der Waals surface area contributed by atoms with E-state index in [0.717, 1.165) is 16.8 Å². The molecule has 0 fully saturated rings. The van der Waals surface area contributed by atoms with E-state index in [2.05, 4.69) is 10.4 Å². The standard InChI is InChI=1S/C22H18F5N3O4/c1-11(12-6-8-13(9-7-12)21(32)33)28-19(31)16-17(18(23)24)29-30(2)20(16)34-15-5-3-4-14(10-15)22(25,26)27/h3-11,18H,1-2H3,(H,28,31)(H,32,33)/p+1/t11-/m0/s1.